The normalized spacial score (nSPS) is 10.5. The number of nitrogens with one attached hydrogen (secondary N) is 1. The summed E-state index contributed by atoms with van der Waals surface area (Å²) in [6.07, 6.45) is 1.53. The van der Waals surface area contributed by atoms with Crippen molar-refractivity contribution in [1.82, 2.24) is 10.2 Å². The van der Waals surface area contributed by atoms with E-state index in [1.54, 1.807) is 24.3 Å². The van der Waals surface area contributed by atoms with Crippen molar-refractivity contribution in [2.45, 2.75) is 6.92 Å². The van der Waals surface area contributed by atoms with Crippen molar-refractivity contribution in [2.75, 3.05) is 19.6 Å². The zero-order chi connectivity index (χ0) is 17.5. The number of methoxy groups -OCH3 is 2. The highest BCUT2D eigenvalue weighted by atomic mass is 35.5. The van der Waals surface area contributed by atoms with Crippen LogP contribution in [-0.4, -0.2) is 36.6 Å². The van der Waals surface area contributed by atoms with E-state index in [2.05, 4.69) is 20.7 Å². The van der Waals surface area contributed by atoms with Gasteiger partial charge in [0.15, 0.2) is 22.5 Å². The molecular weight excluding hydrogens is 336 g/mol. The van der Waals surface area contributed by atoms with Gasteiger partial charge in [-0.1, -0.05) is 11.6 Å². The molecule has 1 aromatic carbocycles. The lowest BCUT2D eigenvalue weighted by atomic mass is 10.2. The first kappa shape index (κ1) is 17.5. The molecule has 0 amide bonds. The Morgan fingerprint density at radius 3 is 2.38 bits per heavy atom. The summed E-state index contributed by atoms with van der Waals surface area (Å²) in [5.41, 5.74) is 3.37. The van der Waals surface area contributed by atoms with Crippen molar-refractivity contribution in [3.8, 4) is 17.2 Å². The number of halogens is 1. The Morgan fingerprint density at radius 2 is 1.88 bits per heavy atom. The predicted molar refractivity (Wildman–Crippen MR) is 89.1 cm³/mol. The van der Waals surface area contributed by atoms with Crippen molar-refractivity contribution in [2.24, 2.45) is 5.10 Å². The van der Waals surface area contributed by atoms with Crippen LogP contribution in [0.15, 0.2) is 29.4 Å². The van der Waals surface area contributed by atoms with Gasteiger partial charge in [0.25, 0.3) is 0 Å². The SMILES string of the molecule is COc1cc(/C=N/Nc2ccc(Cl)nn2)cc(OC)c1OC(C)=O. The van der Waals surface area contributed by atoms with E-state index in [1.807, 2.05) is 0 Å². The number of esters is 1. The Labute approximate surface area is 143 Å². The number of carbonyl (C=O) groups is 1. The summed E-state index contributed by atoms with van der Waals surface area (Å²) in [4.78, 5) is 11.2. The van der Waals surface area contributed by atoms with Crippen LogP contribution in [0.5, 0.6) is 17.2 Å². The molecule has 0 spiro atoms. The Hall–Kier alpha value is -2.87. The fourth-order valence-corrected chi connectivity index (χ4v) is 1.87. The lowest BCUT2D eigenvalue weighted by Gasteiger charge is -2.13. The first-order chi connectivity index (χ1) is 11.5. The molecule has 24 heavy (non-hydrogen) atoms. The Balaban J connectivity index is 2.22. The summed E-state index contributed by atoms with van der Waals surface area (Å²) in [5.74, 6) is 0.859. The van der Waals surface area contributed by atoms with E-state index in [1.165, 1.54) is 27.4 Å². The fourth-order valence-electron chi connectivity index (χ4n) is 1.77. The maximum absolute atomic E-state index is 11.2. The first-order valence-electron chi connectivity index (χ1n) is 6.76. The molecule has 1 N–H and O–H groups in total. The van der Waals surface area contributed by atoms with Crippen LogP contribution in [0.2, 0.25) is 5.15 Å². The molecule has 0 aliphatic rings. The van der Waals surface area contributed by atoms with Gasteiger partial charge in [-0.15, -0.1) is 10.2 Å². The van der Waals surface area contributed by atoms with Gasteiger partial charge in [-0.25, -0.2) is 0 Å². The van der Waals surface area contributed by atoms with Gasteiger partial charge in [0.05, 0.1) is 20.4 Å². The van der Waals surface area contributed by atoms with Gasteiger partial charge in [0.2, 0.25) is 5.75 Å². The smallest absolute Gasteiger partial charge is 0.308 e. The van der Waals surface area contributed by atoms with Crippen LogP contribution in [0.3, 0.4) is 0 Å². The van der Waals surface area contributed by atoms with Crippen LogP contribution in [0, 0.1) is 0 Å². The molecular formula is C15H15ClN4O4. The molecule has 2 rings (SSSR count). The van der Waals surface area contributed by atoms with Crippen LogP contribution >= 0.6 is 11.6 Å². The molecule has 0 aliphatic carbocycles. The largest absolute Gasteiger partial charge is 0.493 e. The van der Waals surface area contributed by atoms with Gasteiger partial charge in [-0.2, -0.15) is 5.10 Å². The maximum atomic E-state index is 11.2. The number of hydrogen-bond donors (Lipinski definition) is 1. The zero-order valence-electron chi connectivity index (χ0n) is 13.2. The highest BCUT2D eigenvalue weighted by Crippen LogP contribution is 2.38. The highest BCUT2D eigenvalue weighted by Gasteiger charge is 2.15. The molecule has 0 saturated heterocycles. The summed E-state index contributed by atoms with van der Waals surface area (Å²) < 4.78 is 15.6. The van der Waals surface area contributed by atoms with E-state index in [0.29, 0.717) is 28.0 Å². The third-order valence-electron chi connectivity index (χ3n) is 2.75. The van der Waals surface area contributed by atoms with Crippen LogP contribution in [0.25, 0.3) is 0 Å². The standard InChI is InChI=1S/C15H15ClN4O4/c1-9(21)24-15-11(22-2)6-10(7-12(15)23-3)8-17-19-14-5-4-13(16)18-20-14/h4-8H,1-3H3,(H,19,20)/b17-8+. The first-order valence-corrected chi connectivity index (χ1v) is 7.14. The quantitative estimate of drug-likeness (QED) is 0.370. The summed E-state index contributed by atoms with van der Waals surface area (Å²) >= 11 is 5.66. The highest BCUT2D eigenvalue weighted by molar-refractivity contribution is 6.29. The Morgan fingerprint density at radius 1 is 1.21 bits per heavy atom. The van der Waals surface area contributed by atoms with E-state index >= 15 is 0 Å². The van der Waals surface area contributed by atoms with Crippen LogP contribution in [-0.2, 0) is 4.79 Å². The van der Waals surface area contributed by atoms with Crippen molar-refractivity contribution in [3.63, 3.8) is 0 Å². The molecule has 0 bridgehead atoms. The Bertz CT molecular complexity index is 725. The average Bonchev–Trinajstić information content (AvgIpc) is 2.57. The van der Waals surface area contributed by atoms with E-state index in [9.17, 15) is 4.79 Å². The number of nitrogens with zero attached hydrogens (tertiary/aromatic N) is 3. The molecule has 0 aliphatic heterocycles. The molecule has 1 aromatic heterocycles. The summed E-state index contributed by atoms with van der Waals surface area (Å²) in [6, 6.07) is 6.53. The number of anilines is 1. The van der Waals surface area contributed by atoms with E-state index in [0.717, 1.165) is 0 Å². The van der Waals surface area contributed by atoms with Gasteiger partial charge < -0.3 is 14.2 Å². The molecule has 0 unspecified atom stereocenters. The molecule has 126 valence electrons. The molecule has 8 nitrogen and oxygen atoms in total. The molecule has 0 radical (unpaired) electrons. The minimum atomic E-state index is -0.476. The molecule has 2 aromatic rings. The van der Waals surface area contributed by atoms with E-state index in [4.69, 9.17) is 25.8 Å². The van der Waals surface area contributed by atoms with Gasteiger partial charge >= 0.3 is 5.97 Å². The zero-order valence-corrected chi connectivity index (χ0v) is 14.0. The van der Waals surface area contributed by atoms with Crippen LogP contribution in [0.1, 0.15) is 12.5 Å². The van der Waals surface area contributed by atoms with Crippen molar-refractivity contribution in [1.29, 1.82) is 0 Å². The number of aromatic nitrogens is 2. The van der Waals surface area contributed by atoms with Crippen molar-refractivity contribution < 1.29 is 19.0 Å². The van der Waals surface area contributed by atoms with Crippen molar-refractivity contribution in [3.05, 3.63) is 35.0 Å². The van der Waals surface area contributed by atoms with E-state index < -0.39 is 5.97 Å². The second-order valence-electron chi connectivity index (χ2n) is 4.46. The topological polar surface area (TPSA) is 94.9 Å². The average molecular weight is 351 g/mol. The number of rotatable bonds is 6. The van der Waals surface area contributed by atoms with Gasteiger partial charge in [0.1, 0.15) is 0 Å². The Kier molecular flexibility index (Phi) is 5.91. The predicted octanol–water partition coefficient (Wildman–Crippen LogP) is 2.52. The molecule has 0 fully saturated rings. The van der Waals surface area contributed by atoms with Crippen LogP contribution < -0.4 is 19.6 Å². The lowest BCUT2D eigenvalue weighted by molar-refractivity contribution is -0.132. The monoisotopic (exact) mass is 350 g/mol. The second-order valence-corrected chi connectivity index (χ2v) is 4.85. The minimum absolute atomic E-state index is 0.209. The molecule has 0 atom stereocenters. The lowest BCUT2D eigenvalue weighted by Crippen LogP contribution is -2.05. The van der Waals surface area contributed by atoms with Gasteiger partial charge in [-0.3, -0.25) is 10.2 Å². The summed E-state index contributed by atoms with van der Waals surface area (Å²) in [7, 11) is 2.93. The minimum Gasteiger partial charge on any atom is -0.493 e. The van der Waals surface area contributed by atoms with Crippen LogP contribution in [0.4, 0.5) is 5.82 Å². The fraction of sp³-hybridized carbons (Fsp3) is 0.200. The summed E-state index contributed by atoms with van der Waals surface area (Å²) in [5, 5.41) is 11.8. The third-order valence-corrected chi connectivity index (χ3v) is 2.96. The number of ether oxygens (including phenoxy) is 3. The molecule has 9 heteroatoms. The molecule has 0 saturated carbocycles. The van der Waals surface area contributed by atoms with Gasteiger partial charge in [0, 0.05) is 12.5 Å². The number of benzene rings is 1. The second kappa shape index (κ2) is 8.11. The molecule has 1 heterocycles. The number of carbonyl (C=O) groups excluding carboxylic acids is 1. The third kappa shape index (κ3) is 4.56. The maximum Gasteiger partial charge on any atom is 0.308 e. The number of hydrogen-bond acceptors (Lipinski definition) is 8. The van der Waals surface area contributed by atoms with Gasteiger partial charge in [-0.05, 0) is 24.3 Å². The number of hydrazone groups is 1. The van der Waals surface area contributed by atoms with Crippen molar-refractivity contribution >= 4 is 29.6 Å². The van der Waals surface area contributed by atoms with E-state index in [-0.39, 0.29) is 5.75 Å². The summed E-state index contributed by atoms with van der Waals surface area (Å²) in [6.45, 7) is 1.30.